The van der Waals surface area contributed by atoms with Gasteiger partial charge in [-0.3, -0.25) is 24.4 Å². The lowest BCUT2D eigenvalue weighted by Crippen LogP contribution is -2.45. The number of carbonyl (C=O) groups is 2. The van der Waals surface area contributed by atoms with Crippen molar-refractivity contribution in [1.82, 2.24) is 15.1 Å². The number of nitrogens with one attached hydrogen (secondary N) is 1. The Morgan fingerprint density at radius 1 is 1.30 bits per heavy atom. The molecule has 2 fully saturated rings. The predicted octanol–water partition coefficient (Wildman–Crippen LogP) is 0.532. The molecule has 0 spiro atoms. The molecule has 8 heteroatoms. The van der Waals surface area contributed by atoms with Gasteiger partial charge in [0, 0.05) is 32.0 Å². The second-order valence-electron chi connectivity index (χ2n) is 5.87. The highest BCUT2D eigenvalue weighted by atomic mass is 127. The molecular formula is C15H28IN5O2. The van der Waals surface area contributed by atoms with E-state index in [2.05, 4.69) is 22.1 Å². The van der Waals surface area contributed by atoms with Gasteiger partial charge in [0.25, 0.3) is 0 Å². The third-order valence-corrected chi connectivity index (χ3v) is 4.40. The van der Waals surface area contributed by atoms with E-state index < -0.39 is 0 Å². The molecule has 1 atom stereocenters. The first kappa shape index (κ1) is 20.1. The minimum absolute atomic E-state index is 0. The molecular weight excluding hydrogens is 409 g/mol. The Morgan fingerprint density at radius 2 is 2.00 bits per heavy atom. The van der Waals surface area contributed by atoms with Crippen LogP contribution in [-0.2, 0) is 9.59 Å². The highest BCUT2D eigenvalue weighted by Crippen LogP contribution is 2.16. The topological polar surface area (TPSA) is 91.0 Å². The van der Waals surface area contributed by atoms with E-state index in [9.17, 15) is 9.59 Å². The number of carbonyl (C=O) groups excluding carboxylic acids is 2. The Bertz CT molecular complexity index is 428. The lowest BCUT2D eigenvalue weighted by Gasteiger charge is -2.25. The minimum atomic E-state index is -0.0851. The predicted molar refractivity (Wildman–Crippen MR) is 101 cm³/mol. The fraction of sp³-hybridized carbons (Fsp3) is 0.800. The van der Waals surface area contributed by atoms with Crippen LogP contribution in [0.15, 0.2) is 4.99 Å². The van der Waals surface area contributed by atoms with Gasteiger partial charge in [-0.1, -0.05) is 6.92 Å². The van der Waals surface area contributed by atoms with Gasteiger partial charge < -0.3 is 11.1 Å². The van der Waals surface area contributed by atoms with Crippen LogP contribution in [0.3, 0.4) is 0 Å². The van der Waals surface area contributed by atoms with Crippen molar-refractivity contribution in [2.45, 2.75) is 45.1 Å². The molecule has 7 nitrogen and oxygen atoms in total. The summed E-state index contributed by atoms with van der Waals surface area (Å²) < 4.78 is 0. The summed E-state index contributed by atoms with van der Waals surface area (Å²) in [6.07, 6.45) is 3.98. The van der Waals surface area contributed by atoms with Crippen molar-refractivity contribution in [3.63, 3.8) is 0 Å². The molecule has 1 unspecified atom stereocenters. The smallest absolute Gasteiger partial charge is 0.229 e. The van der Waals surface area contributed by atoms with E-state index in [1.165, 1.54) is 17.7 Å². The first-order chi connectivity index (χ1) is 10.6. The van der Waals surface area contributed by atoms with E-state index in [1.54, 1.807) is 0 Å². The maximum absolute atomic E-state index is 11.7. The fourth-order valence-electron chi connectivity index (χ4n) is 3.12. The van der Waals surface area contributed by atoms with E-state index in [1.807, 2.05) is 0 Å². The van der Waals surface area contributed by atoms with Crippen LogP contribution in [0.5, 0.6) is 0 Å². The Hall–Kier alpha value is -0.900. The molecule has 0 saturated carbocycles. The molecule has 132 valence electrons. The maximum Gasteiger partial charge on any atom is 0.229 e. The number of hydrogen-bond donors (Lipinski definition) is 2. The van der Waals surface area contributed by atoms with Crippen molar-refractivity contribution >= 4 is 41.8 Å². The number of guanidine groups is 1. The Balaban J connectivity index is 0.00000264. The Morgan fingerprint density at radius 3 is 2.65 bits per heavy atom. The summed E-state index contributed by atoms with van der Waals surface area (Å²) in [5.74, 6) is 0.219. The summed E-state index contributed by atoms with van der Waals surface area (Å²) in [4.78, 5) is 31.4. The SMILES string of the molecule is CCN1CCCC1CN=C(N)NCCN1C(=O)CCCC1=O.I. The number of halogens is 1. The van der Waals surface area contributed by atoms with Crippen LogP contribution >= 0.6 is 24.0 Å². The number of amides is 2. The van der Waals surface area contributed by atoms with Crippen LogP contribution in [-0.4, -0.2) is 66.3 Å². The number of aliphatic imine (C=N–C) groups is 1. The zero-order chi connectivity index (χ0) is 15.9. The lowest BCUT2D eigenvalue weighted by molar-refractivity contribution is -0.147. The maximum atomic E-state index is 11.7. The van der Waals surface area contributed by atoms with E-state index in [4.69, 9.17) is 5.73 Å². The Labute approximate surface area is 155 Å². The highest BCUT2D eigenvalue weighted by Gasteiger charge is 2.25. The van der Waals surface area contributed by atoms with Crippen molar-refractivity contribution in [3.05, 3.63) is 0 Å². The first-order valence-electron chi connectivity index (χ1n) is 8.23. The molecule has 2 rings (SSSR count). The van der Waals surface area contributed by atoms with E-state index in [0.29, 0.717) is 50.9 Å². The molecule has 2 aliphatic rings. The van der Waals surface area contributed by atoms with Crippen molar-refractivity contribution < 1.29 is 9.59 Å². The molecule has 3 N–H and O–H groups in total. The van der Waals surface area contributed by atoms with Crippen LogP contribution in [0.4, 0.5) is 0 Å². The van der Waals surface area contributed by atoms with Gasteiger partial charge >= 0.3 is 0 Å². The standard InChI is InChI=1S/C15H27N5O2.HI/c1-2-19-9-4-5-12(19)11-18-15(16)17-8-10-20-13(21)6-3-7-14(20)22;/h12H,2-11H2,1H3,(H3,16,17,18);1H. The van der Waals surface area contributed by atoms with Gasteiger partial charge in [0.15, 0.2) is 5.96 Å². The van der Waals surface area contributed by atoms with Crippen LogP contribution in [0.2, 0.25) is 0 Å². The lowest BCUT2D eigenvalue weighted by atomic mass is 10.1. The van der Waals surface area contributed by atoms with Gasteiger partial charge in [-0.25, -0.2) is 0 Å². The van der Waals surface area contributed by atoms with Gasteiger partial charge in [-0.15, -0.1) is 24.0 Å². The summed E-state index contributed by atoms with van der Waals surface area (Å²) in [7, 11) is 0. The zero-order valence-electron chi connectivity index (χ0n) is 13.8. The summed E-state index contributed by atoms with van der Waals surface area (Å²) in [5, 5.41) is 2.99. The molecule has 0 aliphatic carbocycles. The van der Waals surface area contributed by atoms with Gasteiger partial charge in [0.05, 0.1) is 6.54 Å². The summed E-state index contributed by atoms with van der Waals surface area (Å²) in [6.45, 7) is 5.87. The van der Waals surface area contributed by atoms with Crippen LogP contribution in [0, 0.1) is 0 Å². The van der Waals surface area contributed by atoms with Crippen molar-refractivity contribution in [2.75, 3.05) is 32.7 Å². The molecule has 2 saturated heterocycles. The highest BCUT2D eigenvalue weighted by molar-refractivity contribution is 14.0. The van der Waals surface area contributed by atoms with E-state index >= 15 is 0 Å². The van der Waals surface area contributed by atoms with Gasteiger partial charge in [-0.05, 0) is 32.4 Å². The Kier molecular flexibility index (Phi) is 8.82. The number of piperidine rings is 1. The molecule has 2 aliphatic heterocycles. The molecule has 0 radical (unpaired) electrons. The van der Waals surface area contributed by atoms with Crippen LogP contribution in [0.25, 0.3) is 0 Å². The molecule has 23 heavy (non-hydrogen) atoms. The molecule has 2 heterocycles. The number of imide groups is 1. The van der Waals surface area contributed by atoms with Crippen LogP contribution < -0.4 is 11.1 Å². The third-order valence-electron chi connectivity index (χ3n) is 4.40. The zero-order valence-corrected chi connectivity index (χ0v) is 16.1. The average molecular weight is 437 g/mol. The number of rotatable bonds is 6. The van der Waals surface area contributed by atoms with Gasteiger partial charge in [-0.2, -0.15) is 0 Å². The quantitative estimate of drug-likeness (QED) is 0.274. The van der Waals surface area contributed by atoms with Crippen LogP contribution in [0.1, 0.15) is 39.0 Å². The number of nitrogens with two attached hydrogens (primary N) is 1. The molecule has 0 bridgehead atoms. The van der Waals surface area contributed by atoms with Crippen molar-refractivity contribution in [3.8, 4) is 0 Å². The summed E-state index contributed by atoms with van der Waals surface area (Å²) >= 11 is 0. The largest absolute Gasteiger partial charge is 0.370 e. The van der Waals surface area contributed by atoms with E-state index in [0.717, 1.165) is 13.1 Å². The van der Waals surface area contributed by atoms with Crippen molar-refractivity contribution in [2.24, 2.45) is 10.7 Å². The molecule has 0 aromatic rings. The second kappa shape index (κ2) is 10.1. The minimum Gasteiger partial charge on any atom is -0.370 e. The van der Waals surface area contributed by atoms with E-state index in [-0.39, 0.29) is 35.8 Å². The van der Waals surface area contributed by atoms with Gasteiger partial charge in [0.2, 0.25) is 11.8 Å². The molecule has 2 amide bonds. The number of nitrogens with zero attached hydrogens (tertiary/aromatic N) is 3. The third kappa shape index (κ3) is 5.91. The molecule has 0 aromatic heterocycles. The first-order valence-corrected chi connectivity index (χ1v) is 8.23. The number of likely N-dealkylation sites (N-methyl/N-ethyl adjacent to an activating group) is 1. The monoisotopic (exact) mass is 437 g/mol. The fourth-order valence-corrected chi connectivity index (χ4v) is 3.12. The molecule has 0 aromatic carbocycles. The summed E-state index contributed by atoms with van der Waals surface area (Å²) in [6, 6.07) is 0.482. The normalized spacial score (nSPS) is 23.1. The van der Waals surface area contributed by atoms with Crippen molar-refractivity contribution in [1.29, 1.82) is 0 Å². The number of likely N-dealkylation sites (tertiary alicyclic amines) is 2. The number of hydrogen-bond acceptors (Lipinski definition) is 4. The average Bonchev–Trinajstić information content (AvgIpc) is 2.95. The van der Waals surface area contributed by atoms with Gasteiger partial charge in [0.1, 0.15) is 0 Å². The second-order valence-corrected chi connectivity index (χ2v) is 5.87. The summed E-state index contributed by atoms with van der Waals surface area (Å²) in [5.41, 5.74) is 5.86.